The summed E-state index contributed by atoms with van der Waals surface area (Å²) in [4.78, 5) is 11.2. The lowest BCUT2D eigenvalue weighted by molar-refractivity contribution is 0.120. The van der Waals surface area contributed by atoms with Gasteiger partial charge in [0.25, 0.3) is 0 Å². The molecule has 2 aromatic carbocycles. The lowest BCUT2D eigenvalue weighted by atomic mass is 10.1. The maximum Gasteiger partial charge on any atom is 0.513 e. The summed E-state index contributed by atoms with van der Waals surface area (Å²) < 4.78 is 55.8. The van der Waals surface area contributed by atoms with E-state index in [1.54, 1.807) is 6.92 Å². The fourth-order valence-electron chi connectivity index (χ4n) is 2.01. The van der Waals surface area contributed by atoms with Crippen LogP contribution in [0.5, 0.6) is 11.5 Å². The highest BCUT2D eigenvalue weighted by Crippen LogP contribution is 2.27. The average molecular weight is 340 g/mol. The van der Waals surface area contributed by atoms with Gasteiger partial charge in [-0.05, 0) is 30.2 Å². The molecule has 0 saturated carbocycles. The van der Waals surface area contributed by atoms with Gasteiger partial charge in [0.05, 0.1) is 12.7 Å². The van der Waals surface area contributed by atoms with E-state index < -0.39 is 30.2 Å². The van der Waals surface area contributed by atoms with Gasteiger partial charge in [0.1, 0.15) is 24.0 Å². The van der Waals surface area contributed by atoms with Crippen molar-refractivity contribution in [2.45, 2.75) is 20.0 Å². The van der Waals surface area contributed by atoms with E-state index >= 15 is 0 Å². The summed E-state index contributed by atoms with van der Waals surface area (Å²) in [5.74, 6) is -2.60. The van der Waals surface area contributed by atoms with E-state index in [1.807, 2.05) is 0 Å². The first-order valence-corrected chi connectivity index (χ1v) is 7.10. The van der Waals surface area contributed by atoms with Gasteiger partial charge in [-0.3, -0.25) is 0 Å². The highest BCUT2D eigenvalue weighted by molar-refractivity contribution is 5.64. The predicted octanol–water partition coefficient (Wildman–Crippen LogP) is 4.39. The second-order valence-corrected chi connectivity index (χ2v) is 4.79. The number of rotatable bonds is 5. The summed E-state index contributed by atoms with van der Waals surface area (Å²) in [6.07, 6.45) is -0.709. The van der Waals surface area contributed by atoms with Gasteiger partial charge in [-0.1, -0.05) is 13.0 Å². The molecule has 2 aromatic rings. The molecule has 0 spiro atoms. The molecule has 0 heterocycles. The van der Waals surface area contributed by atoms with Crippen LogP contribution >= 0.6 is 0 Å². The van der Waals surface area contributed by atoms with E-state index in [2.05, 4.69) is 4.74 Å². The van der Waals surface area contributed by atoms with Gasteiger partial charge < -0.3 is 14.2 Å². The van der Waals surface area contributed by atoms with Crippen molar-refractivity contribution < 1.29 is 32.2 Å². The van der Waals surface area contributed by atoms with Crippen molar-refractivity contribution in [3.05, 3.63) is 58.9 Å². The summed E-state index contributed by atoms with van der Waals surface area (Å²) >= 11 is 0. The third-order valence-corrected chi connectivity index (χ3v) is 3.29. The molecule has 0 unspecified atom stereocenters. The molecule has 0 aromatic heterocycles. The van der Waals surface area contributed by atoms with E-state index in [9.17, 15) is 18.0 Å². The number of hydrogen-bond acceptors (Lipinski definition) is 4. The molecule has 24 heavy (non-hydrogen) atoms. The Morgan fingerprint density at radius 3 is 2.46 bits per heavy atom. The monoisotopic (exact) mass is 340 g/mol. The zero-order chi connectivity index (χ0) is 17.7. The first kappa shape index (κ1) is 17.7. The lowest BCUT2D eigenvalue weighted by Crippen LogP contribution is -2.11. The largest absolute Gasteiger partial charge is 0.513 e. The molecule has 0 saturated heterocycles. The van der Waals surface area contributed by atoms with Crippen LogP contribution in [0.2, 0.25) is 0 Å². The summed E-state index contributed by atoms with van der Waals surface area (Å²) in [5, 5.41) is 0. The fourth-order valence-corrected chi connectivity index (χ4v) is 2.01. The van der Waals surface area contributed by atoms with E-state index in [0.29, 0.717) is 6.42 Å². The lowest BCUT2D eigenvalue weighted by Gasteiger charge is -2.13. The maximum absolute atomic E-state index is 13.9. The van der Waals surface area contributed by atoms with Crippen LogP contribution in [0.4, 0.5) is 18.0 Å². The van der Waals surface area contributed by atoms with Gasteiger partial charge in [0.15, 0.2) is 11.6 Å². The fraction of sp³-hybridized carbons (Fsp3) is 0.235. The van der Waals surface area contributed by atoms with Gasteiger partial charge in [-0.15, -0.1) is 0 Å². The third-order valence-electron chi connectivity index (χ3n) is 3.29. The molecule has 0 aliphatic carbocycles. The van der Waals surface area contributed by atoms with Crippen LogP contribution < -0.4 is 9.47 Å². The number of carbonyl (C=O) groups excluding carboxylic acids is 1. The molecule has 128 valence electrons. The van der Waals surface area contributed by atoms with Crippen molar-refractivity contribution in [2.24, 2.45) is 0 Å². The van der Waals surface area contributed by atoms with Gasteiger partial charge >= 0.3 is 6.16 Å². The average Bonchev–Trinajstić information content (AvgIpc) is 2.56. The van der Waals surface area contributed by atoms with E-state index in [-0.39, 0.29) is 22.6 Å². The number of benzene rings is 2. The molecule has 0 radical (unpaired) electrons. The second kappa shape index (κ2) is 7.72. The Kier molecular flexibility index (Phi) is 5.68. The molecule has 0 N–H and O–H groups in total. The zero-order valence-corrected chi connectivity index (χ0v) is 13.1. The standard InChI is InChI=1S/C17H15F3O4/c1-3-10-7-14(20)16(8-13(10)19)23-9-11-12(18)5-4-6-15(11)24-17(21)22-2/h4-8H,3,9H2,1-2H3. The number of carbonyl (C=O) groups is 1. The molecule has 4 nitrogen and oxygen atoms in total. The molecule has 0 bridgehead atoms. The highest BCUT2D eigenvalue weighted by Gasteiger charge is 2.16. The summed E-state index contributed by atoms with van der Waals surface area (Å²) in [7, 11) is 1.10. The first-order chi connectivity index (χ1) is 11.5. The SMILES string of the molecule is CCc1cc(F)c(OCc2c(F)cccc2OC(=O)OC)cc1F. The molecule has 0 fully saturated rings. The smallest absolute Gasteiger partial charge is 0.485 e. The van der Waals surface area contributed by atoms with Crippen molar-refractivity contribution in [2.75, 3.05) is 7.11 Å². The molecular weight excluding hydrogens is 325 g/mol. The summed E-state index contributed by atoms with van der Waals surface area (Å²) in [6.45, 7) is 1.23. The van der Waals surface area contributed by atoms with E-state index in [4.69, 9.17) is 9.47 Å². The Morgan fingerprint density at radius 1 is 1.04 bits per heavy atom. The van der Waals surface area contributed by atoms with Crippen LogP contribution in [0.25, 0.3) is 0 Å². The minimum absolute atomic E-state index is 0.123. The summed E-state index contributed by atoms with van der Waals surface area (Å²) in [6, 6.07) is 5.71. The Hall–Kier alpha value is -2.70. The molecule has 2 rings (SSSR count). The Bertz CT molecular complexity index is 747. The quantitative estimate of drug-likeness (QED) is 0.598. The van der Waals surface area contributed by atoms with E-state index in [1.165, 1.54) is 12.1 Å². The second-order valence-electron chi connectivity index (χ2n) is 4.79. The number of halogens is 3. The Balaban J connectivity index is 2.23. The number of aryl methyl sites for hydroxylation is 1. The maximum atomic E-state index is 13.9. The highest BCUT2D eigenvalue weighted by atomic mass is 19.1. The van der Waals surface area contributed by atoms with Gasteiger partial charge in [0, 0.05) is 6.07 Å². The number of hydrogen-bond donors (Lipinski definition) is 0. The van der Waals surface area contributed by atoms with Crippen molar-refractivity contribution in [3.63, 3.8) is 0 Å². The molecule has 0 atom stereocenters. The van der Waals surface area contributed by atoms with Crippen LogP contribution in [0.1, 0.15) is 18.1 Å². The van der Waals surface area contributed by atoms with Crippen molar-refractivity contribution in [3.8, 4) is 11.5 Å². The minimum Gasteiger partial charge on any atom is -0.485 e. The predicted molar refractivity (Wildman–Crippen MR) is 79.5 cm³/mol. The molecule has 7 heteroatoms. The van der Waals surface area contributed by atoms with Crippen LogP contribution in [-0.4, -0.2) is 13.3 Å². The number of methoxy groups -OCH3 is 1. The van der Waals surface area contributed by atoms with Crippen LogP contribution in [0.15, 0.2) is 30.3 Å². The molecule has 0 aliphatic heterocycles. The van der Waals surface area contributed by atoms with Crippen molar-refractivity contribution >= 4 is 6.16 Å². The van der Waals surface area contributed by atoms with Crippen LogP contribution in [-0.2, 0) is 17.8 Å². The summed E-state index contributed by atoms with van der Waals surface area (Å²) in [5.41, 5.74) is 0.0859. The van der Waals surface area contributed by atoms with Crippen molar-refractivity contribution in [1.82, 2.24) is 0 Å². The van der Waals surface area contributed by atoms with Crippen molar-refractivity contribution in [1.29, 1.82) is 0 Å². The normalized spacial score (nSPS) is 10.4. The van der Waals surface area contributed by atoms with Gasteiger partial charge in [0.2, 0.25) is 0 Å². The minimum atomic E-state index is -1.04. The molecule has 0 amide bonds. The first-order valence-electron chi connectivity index (χ1n) is 7.10. The molecule has 0 aliphatic rings. The molecular formula is C17H15F3O4. The van der Waals surface area contributed by atoms with Gasteiger partial charge in [-0.2, -0.15) is 0 Å². The van der Waals surface area contributed by atoms with Crippen LogP contribution in [0, 0.1) is 17.5 Å². The van der Waals surface area contributed by atoms with Gasteiger partial charge in [-0.25, -0.2) is 18.0 Å². The van der Waals surface area contributed by atoms with E-state index in [0.717, 1.165) is 25.3 Å². The van der Waals surface area contributed by atoms with Crippen LogP contribution in [0.3, 0.4) is 0 Å². The zero-order valence-electron chi connectivity index (χ0n) is 13.1. The Morgan fingerprint density at radius 2 is 1.79 bits per heavy atom. The number of ether oxygens (including phenoxy) is 3. The third kappa shape index (κ3) is 3.98. The topological polar surface area (TPSA) is 44.8 Å². The Labute approximate surface area is 136 Å².